The molecule has 0 radical (unpaired) electrons. The largest absolute Gasteiger partial charge is 0.492 e. The molecule has 34 heavy (non-hydrogen) atoms. The zero-order valence-electron chi connectivity index (χ0n) is 19.2. The Balaban J connectivity index is 2.20. The number of carbonyl (C=O) groups excluding carboxylic acids is 1. The number of aliphatic hydroxyl groups excluding tert-OH is 1. The molecule has 0 spiro atoms. The molecule has 0 heterocycles. The van der Waals surface area contributed by atoms with Crippen LogP contribution in [0.2, 0.25) is 0 Å². The van der Waals surface area contributed by atoms with Crippen molar-refractivity contribution in [2.45, 2.75) is 11.8 Å². The van der Waals surface area contributed by atoms with Crippen LogP contribution in [0.3, 0.4) is 0 Å². The third-order valence-electron chi connectivity index (χ3n) is 5.68. The van der Waals surface area contributed by atoms with Gasteiger partial charge in [-0.3, -0.25) is 4.79 Å². The molecule has 6 nitrogen and oxygen atoms in total. The predicted molar refractivity (Wildman–Crippen MR) is 123 cm³/mol. The van der Waals surface area contributed by atoms with E-state index in [0.29, 0.717) is 11.1 Å². The fraction of sp³-hybridized carbons (Fsp3) is 0.320. The molecule has 0 aromatic heterocycles. The highest BCUT2D eigenvalue weighted by Crippen LogP contribution is 2.57. The number of halogens is 3. The lowest BCUT2D eigenvalue weighted by molar-refractivity contribution is -0.246. The number of likely N-dealkylation sites (N-methyl/N-ethyl adjacent to an activating group) is 1. The Morgan fingerprint density at radius 3 is 2.44 bits per heavy atom. The molecule has 2 aromatic rings. The number of nitrogens with zero attached hydrogens (tertiary/aromatic N) is 2. The van der Waals surface area contributed by atoms with Crippen LogP contribution in [0.5, 0.6) is 5.75 Å². The normalized spacial score (nSPS) is 17.1. The minimum Gasteiger partial charge on any atom is -0.492 e. The average molecular weight is 476 g/mol. The highest BCUT2D eigenvalue weighted by atomic mass is 19.4. The van der Waals surface area contributed by atoms with Gasteiger partial charge in [0.15, 0.2) is 0 Å². The van der Waals surface area contributed by atoms with Gasteiger partial charge in [0.1, 0.15) is 19.0 Å². The molecule has 0 saturated carbocycles. The van der Waals surface area contributed by atoms with Gasteiger partial charge in [0, 0.05) is 38.5 Å². The summed E-state index contributed by atoms with van der Waals surface area (Å²) in [4.78, 5) is 14.5. The van der Waals surface area contributed by atoms with Crippen molar-refractivity contribution in [3.8, 4) is 16.9 Å². The first kappa shape index (κ1) is 25.3. The number of hydrogen-bond donors (Lipinski definition) is 2. The molecule has 1 unspecified atom stereocenters. The van der Waals surface area contributed by atoms with E-state index in [9.17, 15) is 23.1 Å². The molecule has 0 fully saturated rings. The van der Waals surface area contributed by atoms with Crippen molar-refractivity contribution < 1.29 is 32.9 Å². The lowest BCUT2D eigenvalue weighted by Crippen LogP contribution is -2.41. The van der Waals surface area contributed by atoms with Crippen molar-refractivity contribution in [3.05, 3.63) is 71.9 Å². The quantitative estimate of drug-likeness (QED) is 0.572. The molecule has 0 saturated heterocycles. The maximum absolute atomic E-state index is 14.3. The number of benzene rings is 2. The predicted octanol–water partition coefficient (Wildman–Crippen LogP) is 3.38. The van der Waals surface area contributed by atoms with Crippen LogP contribution < -0.4 is 4.74 Å². The van der Waals surface area contributed by atoms with E-state index in [2.05, 4.69) is 6.58 Å². The molecular formula is C25H27F3N2O4. The Kier molecular flexibility index (Phi) is 7.09. The third kappa shape index (κ3) is 4.41. The van der Waals surface area contributed by atoms with Gasteiger partial charge in [0.25, 0.3) is 0 Å². The summed E-state index contributed by atoms with van der Waals surface area (Å²) in [5.74, 6) is -0.413. The lowest BCUT2D eigenvalue weighted by Gasteiger charge is -2.29. The highest BCUT2D eigenvalue weighted by molar-refractivity contribution is 5.93. The summed E-state index contributed by atoms with van der Waals surface area (Å²) in [6.07, 6.45) is -1.74. The first-order valence-corrected chi connectivity index (χ1v) is 10.5. The Bertz CT molecular complexity index is 1130. The SMILES string of the molecule is C=C/C(=C\N(C)C)c1cc(OCCN(C)C(=O)CO)cc2c1-c1ccccc1C2(O)C(F)(F)F. The number of fused-ring (bicyclic) bond motifs is 3. The molecule has 1 aliphatic rings. The standard InChI is InChI=1S/C25H27F3N2O4/c1-5-16(14-29(2)3)19-12-17(34-11-10-30(4)22(32)15-31)13-21-23(19)18-8-6-7-9-20(18)24(21,33)25(26,27)28/h5-9,12-14,31,33H,1,10-11,15H2,2-4H3/b16-14+. The van der Waals surface area contributed by atoms with E-state index in [4.69, 9.17) is 9.84 Å². The van der Waals surface area contributed by atoms with Crippen molar-refractivity contribution in [1.29, 1.82) is 0 Å². The lowest BCUT2D eigenvalue weighted by atomic mass is 9.89. The van der Waals surface area contributed by atoms with Crippen LogP contribution in [0.25, 0.3) is 16.7 Å². The molecule has 1 atom stereocenters. The number of hydrogen-bond acceptors (Lipinski definition) is 5. The van der Waals surface area contributed by atoms with Crippen molar-refractivity contribution in [1.82, 2.24) is 9.80 Å². The van der Waals surface area contributed by atoms with Crippen LogP contribution in [0.1, 0.15) is 16.7 Å². The summed E-state index contributed by atoms with van der Waals surface area (Å²) in [6, 6.07) is 8.69. The number of aliphatic hydroxyl groups is 2. The molecular weight excluding hydrogens is 449 g/mol. The second-order valence-corrected chi connectivity index (χ2v) is 8.22. The molecule has 2 N–H and O–H groups in total. The number of allylic oxidation sites excluding steroid dienone is 2. The molecule has 1 amide bonds. The zero-order chi connectivity index (χ0) is 25.3. The van der Waals surface area contributed by atoms with E-state index in [1.54, 1.807) is 43.4 Å². The van der Waals surface area contributed by atoms with E-state index in [-0.39, 0.29) is 41.2 Å². The summed E-state index contributed by atoms with van der Waals surface area (Å²) in [7, 11) is 5.03. The van der Waals surface area contributed by atoms with Crippen molar-refractivity contribution >= 4 is 11.5 Å². The first-order chi connectivity index (χ1) is 15.9. The van der Waals surface area contributed by atoms with Gasteiger partial charge in [0.05, 0.1) is 6.54 Å². The van der Waals surface area contributed by atoms with Gasteiger partial charge in [-0.05, 0) is 34.4 Å². The minimum absolute atomic E-state index is 0.0291. The van der Waals surface area contributed by atoms with Crippen LogP contribution >= 0.6 is 0 Å². The average Bonchev–Trinajstić information content (AvgIpc) is 3.06. The molecule has 3 rings (SSSR count). The maximum Gasteiger partial charge on any atom is 0.425 e. The summed E-state index contributed by atoms with van der Waals surface area (Å²) in [6.45, 7) is 3.23. The Morgan fingerprint density at radius 2 is 1.85 bits per heavy atom. The Labute approximate surface area is 196 Å². The van der Waals surface area contributed by atoms with Gasteiger partial charge >= 0.3 is 6.18 Å². The second-order valence-electron chi connectivity index (χ2n) is 8.22. The molecule has 2 aromatic carbocycles. The van der Waals surface area contributed by atoms with E-state index in [0.717, 1.165) is 0 Å². The number of rotatable bonds is 8. The summed E-state index contributed by atoms with van der Waals surface area (Å²) < 4.78 is 48.7. The number of alkyl halides is 3. The van der Waals surface area contributed by atoms with Crippen LogP contribution in [0, 0.1) is 0 Å². The minimum atomic E-state index is -4.99. The highest BCUT2D eigenvalue weighted by Gasteiger charge is 2.61. The van der Waals surface area contributed by atoms with Crippen LogP contribution in [-0.4, -0.2) is 73.0 Å². The van der Waals surface area contributed by atoms with Gasteiger partial charge in [-0.25, -0.2) is 0 Å². The van der Waals surface area contributed by atoms with Crippen molar-refractivity contribution in [3.63, 3.8) is 0 Å². The van der Waals surface area contributed by atoms with Crippen molar-refractivity contribution in [2.75, 3.05) is 40.9 Å². The number of ether oxygens (including phenoxy) is 1. The number of amides is 1. The Hall–Kier alpha value is -3.30. The van der Waals surface area contributed by atoms with Gasteiger partial charge in [-0.15, -0.1) is 0 Å². The van der Waals surface area contributed by atoms with E-state index >= 15 is 0 Å². The van der Waals surface area contributed by atoms with Crippen LogP contribution in [0.15, 0.2) is 55.3 Å². The second kappa shape index (κ2) is 9.52. The monoisotopic (exact) mass is 476 g/mol. The van der Waals surface area contributed by atoms with E-state index in [1.165, 1.54) is 36.2 Å². The molecule has 0 bridgehead atoms. The molecule has 182 valence electrons. The number of carbonyl (C=O) groups is 1. The van der Waals surface area contributed by atoms with Gasteiger partial charge < -0.3 is 24.7 Å². The van der Waals surface area contributed by atoms with Gasteiger partial charge in [-0.1, -0.05) is 36.9 Å². The molecule has 0 aliphatic heterocycles. The molecule has 1 aliphatic carbocycles. The smallest absolute Gasteiger partial charge is 0.425 e. The summed E-state index contributed by atoms with van der Waals surface area (Å²) in [5.41, 5.74) is -2.32. The zero-order valence-corrected chi connectivity index (χ0v) is 19.2. The summed E-state index contributed by atoms with van der Waals surface area (Å²) in [5, 5.41) is 20.1. The van der Waals surface area contributed by atoms with Gasteiger partial charge in [-0.2, -0.15) is 13.2 Å². The third-order valence-corrected chi connectivity index (χ3v) is 5.68. The first-order valence-electron chi connectivity index (χ1n) is 10.5. The molecule has 9 heteroatoms. The topological polar surface area (TPSA) is 73.2 Å². The van der Waals surface area contributed by atoms with Crippen LogP contribution in [-0.2, 0) is 10.4 Å². The van der Waals surface area contributed by atoms with E-state index in [1.807, 2.05) is 0 Å². The van der Waals surface area contributed by atoms with E-state index < -0.39 is 24.3 Å². The Morgan fingerprint density at radius 1 is 1.18 bits per heavy atom. The summed E-state index contributed by atoms with van der Waals surface area (Å²) >= 11 is 0. The van der Waals surface area contributed by atoms with Crippen molar-refractivity contribution in [2.24, 2.45) is 0 Å². The van der Waals surface area contributed by atoms with Gasteiger partial charge in [0.2, 0.25) is 11.5 Å². The fourth-order valence-corrected chi connectivity index (χ4v) is 4.03. The maximum atomic E-state index is 14.3. The van der Waals surface area contributed by atoms with Crippen LogP contribution in [0.4, 0.5) is 13.2 Å². The fourth-order valence-electron chi connectivity index (χ4n) is 4.03.